The van der Waals surface area contributed by atoms with Crippen LogP contribution in [0.4, 0.5) is 18.0 Å². The fourth-order valence-corrected chi connectivity index (χ4v) is 4.82. The summed E-state index contributed by atoms with van der Waals surface area (Å²) in [7, 11) is -5.74. The largest absolute Gasteiger partial charge is 0.534 e. The Bertz CT molecular complexity index is 954. The van der Waals surface area contributed by atoms with E-state index in [-0.39, 0.29) is 23.8 Å². The van der Waals surface area contributed by atoms with E-state index >= 15 is 0 Å². The maximum Gasteiger partial charge on any atom is 0.534 e. The number of ether oxygens (including phenoxy) is 1. The van der Waals surface area contributed by atoms with Crippen LogP contribution in [0.3, 0.4) is 0 Å². The summed E-state index contributed by atoms with van der Waals surface area (Å²) in [4.78, 5) is 14.4. The van der Waals surface area contributed by atoms with Gasteiger partial charge in [-0.15, -0.1) is 0 Å². The Labute approximate surface area is 174 Å². The van der Waals surface area contributed by atoms with Crippen molar-refractivity contribution in [2.45, 2.75) is 70.0 Å². The zero-order valence-corrected chi connectivity index (χ0v) is 18.4. The summed E-state index contributed by atoms with van der Waals surface area (Å²) in [5.74, 6) is -0.381. The summed E-state index contributed by atoms with van der Waals surface area (Å²) in [5.41, 5.74) is -4.96. The predicted octanol–water partition coefficient (Wildman–Crippen LogP) is 4.37. The quantitative estimate of drug-likeness (QED) is 0.495. The SMILES string of the molecule is CC1C2Cc3ccc(OS(=O)(=O)C(F)(F)F)cc3C1(C)CCN2C(=O)OC(C)(C)C. The molecule has 30 heavy (non-hydrogen) atoms. The summed E-state index contributed by atoms with van der Waals surface area (Å²) in [5, 5.41) is 0. The van der Waals surface area contributed by atoms with Gasteiger partial charge in [-0.1, -0.05) is 19.9 Å². The number of carbonyl (C=O) groups excluding carboxylic acids is 1. The number of rotatable bonds is 2. The lowest BCUT2D eigenvalue weighted by Gasteiger charge is -2.54. The lowest BCUT2D eigenvalue weighted by Crippen LogP contribution is -2.60. The topological polar surface area (TPSA) is 72.9 Å². The van der Waals surface area contributed by atoms with E-state index in [1.54, 1.807) is 31.7 Å². The molecule has 3 atom stereocenters. The van der Waals surface area contributed by atoms with Crippen molar-refractivity contribution in [3.05, 3.63) is 29.3 Å². The Morgan fingerprint density at radius 2 is 1.87 bits per heavy atom. The fraction of sp³-hybridized carbons (Fsp3) is 0.650. The highest BCUT2D eigenvalue weighted by Gasteiger charge is 2.51. The van der Waals surface area contributed by atoms with Crippen molar-refractivity contribution in [2.75, 3.05) is 6.54 Å². The number of likely N-dealkylation sites (tertiary alicyclic amines) is 1. The molecule has 168 valence electrons. The van der Waals surface area contributed by atoms with Gasteiger partial charge in [-0.2, -0.15) is 21.6 Å². The number of amides is 1. The predicted molar refractivity (Wildman–Crippen MR) is 104 cm³/mol. The lowest BCUT2D eigenvalue weighted by atomic mass is 9.59. The Hall–Kier alpha value is -1.97. The first kappa shape index (κ1) is 22.7. The maximum atomic E-state index is 12.7. The number of carbonyl (C=O) groups is 1. The van der Waals surface area contributed by atoms with E-state index in [9.17, 15) is 26.4 Å². The third-order valence-corrected chi connectivity index (χ3v) is 7.08. The second-order valence-corrected chi connectivity index (χ2v) is 10.7. The zero-order chi connectivity index (χ0) is 22.7. The first-order chi connectivity index (χ1) is 13.6. The molecule has 6 nitrogen and oxygen atoms in total. The Morgan fingerprint density at radius 3 is 2.43 bits per heavy atom. The van der Waals surface area contributed by atoms with E-state index < -0.39 is 26.6 Å². The fourth-order valence-electron chi connectivity index (χ4n) is 4.37. The van der Waals surface area contributed by atoms with Crippen molar-refractivity contribution in [2.24, 2.45) is 5.92 Å². The van der Waals surface area contributed by atoms with Crippen LogP contribution in [0.2, 0.25) is 0 Å². The van der Waals surface area contributed by atoms with Gasteiger partial charge in [0.05, 0.1) is 0 Å². The number of piperidine rings is 1. The minimum absolute atomic E-state index is 0.0132. The number of hydrogen-bond acceptors (Lipinski definition) is 5. The zero-order valence-electron chi connectivity index (χ0n) is 17.5. The van der Waals surface area contributed by atoms with Crippen molar-refractivity contribution < 1.29 is 35.3 Å². The number of benzene rings is 1. The van der Waals surface area contributed by atoms with Crippen LogP contribution >= 0.6 is 0 Å². The van der Waals surface area contributed by atoms with E-state index in [2.05, 4.69) is 4.18 Å². The number of halogens is 3. The molecular weight excluding hydrogens is 423 g/mol. The van der Waals surface area contributed by atoms with Gasteiger partial charge in [-0.05, 0) is 68.2 Å². The van der Waals surface area contributed by atoms with Gasteiger partial charge in [0, 0.05) is 12.6 Å². The molecule has 1 aromatic carbocycles. The van der Waals surface area contributed by atoms with Crippen LogP contribution in [0.25, 0.3) is 0 Å². The summed E-state index contributed by atoms with van der Waals surface area (Å²) < 4.78 is 70.6. The van der Waals surface area contributed by atoms with Crippen LogP contribution in [0.5, 0.6) is 5.75 Å². The first-order valence-electron chi connectivity index (χ1n) is 9.69. The summed E-state index contributed by atoms with van der Waals surface area (Å²) >= 11 is 0. The van der Waals surface area contributed by atoms with Gasteiger partial charge < -0.3 is 13.8 Å². The molecule has 2 aliphatic rings. The second kappa shape index (κ2) is 7.03. The van der Waals surface area contributed by atoms with E-state index in [4.69, 9.17) is 4.74 Å². The summed E-state index contributed by atoms with van der Waals surface area (Å²) in [6.45, 7) is 9.81. The van der Waals surface area contributed by atoms with Crippen LogP contribution in [0.1, 0.15) is 52.2 Å². The van der Waals surface area contributed by atoms with Gasteiger partial charge in [0.1, 0.15) is 11.4 Å². The molecule has 0 spiro atoms. The van der Waals surface area contributed by atoms with Crippen molar-refractivity contribution in [1.29, 1.82) is 0 Å². The molecule has 2 bridgehead atoms. The molecule has 0 saturated carbocycles. The highest BCUT2D eigenvalue weighted by atomic mass is 32.2. The average Bonchev–Trinajstić information content (AvgIpc) is 2.55. The molecule has 1 aliphatic heterocycles. The van der Waals surface area contributed by atoms with Crippen LogP contribution in [0, 0.1) is 5.92 Å². The number of nitrogens with zero attached hydrogens (tertiary/aromatic N) is 1. The first-order valence-corrected chi connectivity index (χ1v) is 11.1. The molecular formula is C20H26F3NO5S. The van der Waals surface area contributed by atoms with Gasteiger partial charge in [0.15, 0.2) is 0 Å². The molecule has 1 aromatic rings. The molecule has 1 aliphatic carbocycles. The van der Waals surface area contributed by atoms with Crippen LogP contribution in [-0.2, 0) is 26.7 Å². The van der Waals surface area contributed by atoms with Gasteiger partial charge in [-0.25, -0.2) is 4.79 Å². The molecule has 3 rings (SSSR count). The number of fused-ring (bicyclic) bond motifs is 4. The van der Waals surface area contributed by atoms with Crippen LogP contribution < -0.4 is 4.18 Å². The van der Waals surface area contributed by atoms with Crippen molar-refractivity contribution >= 4 is 16.2 Å². The monoisotopic (exact) mass is 449 g/mol. The molecule has 0 aromatic heterocycles. The second-order valence-electron chi connectivity index (χ2n) is 9.20. The van der Waals surface area contributed by atoms with Crippen LogP contribution in [0.15, 0.2) is 18.2 Å². The highest BCUT2D eigenvalue weighted by molar-refractivity contribution is 7.88. The average molecular weight is 449 g/mol. The van der Waals surface area contributed by atoms with E-state index in [1.165, 1.54) is 12.1 Å². The van der Waals surface area contributed by atoms with Crippen molar-refractivity contribution in [3.63, 3.8) is 0 Å². The van der Waals surface area contributed by atoms with E-state index in [0.29, 0.717) is 19.4 Å². The Kier molecular flexibility index (Phi) is 5.32. The van der Waals surface area contributed by atoms with Crippen molar-refractivity contribution in [3.8, 4) is 5.75 Å². The van der Waals surface area contributed by atoms with Gasteiger partial charge in [-0.3, -0.25) is 0 Å². The normalized spacial score (nSPS) is 26.7. The smallest absolute Gasteiger partial charge is 0.444 e. The van der Waals surface area contributed by atoms with Crippen LogP contribution in [-0.4, -0.2) is 43.1 Å². The Balaban J connectivity index is 1.93. The van der Waals surface area contributed by atoms with E-state index in [0.717, 1.165) is 11.1 Å². The third kappa shape index (κ3) is 3.98. The Morgan fingerprint density at radius 1 is 1.23 bits per heavy atom. The molecule has 1 fully saturated rings. The highest BCUT2D eigenvalue weighted by Crippen LogP contribution is 2.49. The summed E-state index contributed by atoms with van der Waals surface area (Å²) in [6, 6.07) is 4.05. The molecule has 1 amide bonds. The standard InChI is InChI=1S/C20H26F3NO5S/c1-12-16-10-13-6-7-14(29-30(26,27)20(21,22)23)11-15(13)19(12,5)8-9-24(16)17(25)28-18(2,3)4/h6-7,11-12,16H,8-10H2,1-5H3. The minimum atomic E-state index is -5.74. The molecule has 0 N–H and O–H groups in total. The molecule has 1 heterocycles. The lowest BCUT2D eigenvalue weighted by molar-refractivity contribution is -0.0500. The number of hydrogen-bond donors (Lipinski definition) is 0. The summed E-state index contributed by atoms with van der Waals surface area (Å²) in [6.07, 6.45) is 0.672. The molecule has 10 heteroatoms. The van der Waals surface area contributed by atoms with Gasteiger partial charge in [0.25, 0.3) is 0 Å². The molecule has 0 radical (unpaired) electrons. The molecule has 1 saturated heterocycles. The number of alkyl halides is 3. The van der Waals surface area contributed by atoms with Gasteiger partial charge in [0.2, 0.25) is 0 Å². The maximum absolute atomic E-state index is 12.7. The molecule has 3 unspecified atom stereocenters. The van der Waals surface area contributed by atoms with E-state index in [1.807, 2.05) is 13.8 Å². The third-order valence-electron chi connectivity index (χ3n) is 6.10. The minimum Gasteiger partial charge on any atom is -0.444 e. The van der Waals surface area contributed by atoms with Gasteiger partial charge >= 0.3 is 21.7 Å². The van der Waals surface area contributed by atoms with Crippen molar-refractivity contribution in [1.82, 2.24) is 4.90 Å².